The average Bonchev–Trinajstić information content (AvgIpc) is 3.00. The van der Waals surface area contributed by atoms with Gasteiger partial charge in [0.2, 0.25) is 5.91 Å². The lowest BCUT2D eigenvalue weighted by molar-refractivity contribution is -0.121. The number of ether oxygens (including phenoxy) is 1. The van der Waals surface area contributed by atoms with Gasteiger partial charge in [0.25, 0.3) is 10.0 Å². The number of anilines is 1. The van der Waals surface area contributed by atoms with Gasteiger partial charge >= 0.3 is 0 Å². The lowest BCUT2D eigenvalue weighted by atomic mass is 9.95. The number of hydrogen-bond donors (Lipinski definition) is 1. The van der Waals surface area contributed by atoms with E-state index in [0.717, 1.165) is 5.56 Å². The molecule has 1 saturated heterocycles. The van der Waals surface area contributed by atoms with Crippen LogP contribution in [0.25, 0.3) is 0 Å². The number of benzene rings is 2. The number of aryl methyl sites for hydroxylation is 1. The number of nitrogens with one attached hydrogen (secondary N) is 1. The van der Waals surface area contributed by atoms with Crippen molar-refractivity contribution in [2.45, 2.75) is 24.7 Å². The van der Waals surface area contributed by atoms with Gasteiger partial charge in [-0.05, 0) is 49.6 Å². The van der Waals surface area contributed by atoms with E-state index in [2.05, 4.69) is 9.71 Å². The molecule has 1 N–H and O–H groups in total. The Morgan fingerprint density at radius 3 is 2.62 bits per heavy atom. The number of nitrogens with zero attached hydrogens (tertiary/aromatic N) is 2. The van der Waals surface area contributed by atoms with E-state index >= 15 is 0 Å². The van der Waals surface area contributed by atoms with Crippen molar-refractivity contribution in [2.75, 3.05) is 25.5 Å². The maximum Gasteiger partial charge on any atom is 0.285 e. The van der Waals surface area contributed by atoms with Crippen molar-refractivity contribution in [1.82, 2.24) is 4.90 Å². The van der Waals surface area contributed by atoms with Crippen molar-refractivity contribution in [3.8, 4) is 5.75 Å². The minimum atomic E-state index is -3.63. The summed E-state index contributed by atoms with van der Waals surface area (Å²) in [5, 5.41) is 2.98. The van der Waals surface area contributed by atoms with Gasteiger partial charge in [0.05, 0.1) is 12.8 Å². The molecule has 7 nitrogen and oxygen atoms in total. The van der Waals surface area contributed by atoms with E-state index in [9.17, 15) is 13.2 Å². The quantitative estimate of drug-likeness (QED) is 0.836. The number of fused-ring (bicyclic) bond motifs is 1. The second-order valence-electron chi connectivity index (χ2n) is 7.34. The third-order valence-electron chi connectivity index (χ3n) is 5.39. The van der Waals surface area contributed by atoms with Crippen LogP contribution in [-0.4, -0.2) is 45.3 Å². The Balaban J connectivity index is 1.44. The summed E-state index contributed by atoms with van der Waals surface area (Å²) in [7, 11) is -2.06. The number of hydrogen-bond acceptors (Lipinski definition) is 5. The Morgan fingerprint density at radius 1 is 1.17 bits per heavy atom. The van der Waals surface area contributed by atoms with Crippen molar-refractivity contribution in [3.05, 3.63) is 53.6 Å². The number of amidine groups is 1. The fraction of sp³-hybridized carbons (Fsp3) is 0.333. The first-order chi connectivity index (χ1) is 13.9. The van der Waals surface area contributed by atoms with E-state index in [4.69, 9.17) is 4.74 Å². The van der Waals surface area contributed by atoms with Crippen LogP contribution in [0.3, 0.4) is 0 Å². The summed E-state index contributed by atoms with van der Waals surface area (Å²) >= 11 is 0. The molecule has 8 heteroatoms. The summed E-state index contributed by atoms with van der Waals surface area (Å²) < 4.78 is 33.9. The minimum absolute atomic E-state index is 0.0464. The zero-order chi connectivity index (χ0) is 20.6. The molecule has 1 fully saturated rings. The predicted molar refractivity (Wildman–Crippen MR) is 111 cm³/mol. The van der Waals surface area contributed by atoms with Gasteiger partial charge in [0.1, 0.15) is 10.6 Å². The molecule has 0 bridgehead atoms. The molecule has 2 heterocycles. The van der Waals surface area contributed by atoms with Crippen molar-refractivity contribution >= 4 is 27.5 Å². The maximum atomic E-state index is 12.8. The molecular weight excluding hydrogens is 390 g/mol. The number of carbonyl (C=O) groups is 1. The summed E-state index contributed by atoms with van der Waals surface area (Å²) in [6.07, 6.45) is 1.25. The first-order valence-electron chi connectivity index (χ1n) is 9.54. The standard InChI is InChI=1S/C21H23N3O4S/c1-14-7-8-18(28-2)17(13-14)22-21(25)15-9-11-24(12-10-15)20-16-5-3-4-6-19(16)29(26,27)23-20/h3-8,13,15H,9-12H2,1-2H3,(H,22,25). The van der Waals surface area contributed by atoms with Gasteiger partial charge in [-0.3, -0.25) is 4.79 Å². The van der Waals surface area contributed by atoms with Crippen LogP contribution in [0.15, 0.2) is 51.8 Å². The van der Waals surface area contributed by atoms with Gasteiger partial charge in [-0.25, -0.2) is 0 Å². The molecule has 152 valence electrons. The molecule has 0 atom stereocenters. The summed E-state index contributed by atoms with van der Waals surface area (Å²) in [5.74, 6) is 0.920. The van der Waals surface area contributed by atoms with Crippen molar-refractivity contribution in [2.24, 2.45) is 10.3 Å². The van der Waals surface area contributed by atoms with Crippen LogP contribution in [0.5, 0.6) is 5.75 Å². The number of methoxy groups -OCH3 is 1. The fourth-order valence-electron chi connectivity index (χ4n) is 3.82. The Labute approximate surface area is 170 Å². The Morgan fingerprint density at radius 2 is 1.90 bits per heavy atom. The highest BCUT2D eigenvalue weighted by atomic mass is 32.2. The molecule has 2 aromatic carbocycles. The van der Waals surface area contributed by atoms with Crippen LogP contribution in [-0.2, 0) is 14.8 Å². The number of likely N-dealkylation sites (tertiary alicyclic amines) is 1. The summed E-state index contributed by atoms with van der Waals surface area (Å²) in [4.78, 5) is 15.0. The van der Waals surface area contributed by atoms with E-state index in [-0.39, 0.29) is 16.7 Å². The number of amides is 1. The Bertz CT molecular complexity index is 1090. The summed E-state index contributed by atoms with van der Waals surface area (Å²) in [6.45, 7) is 3.11. The van der Waals surface area contributed by atoms with Crippen LogP contribution in [0.1, 0.15) is 24.0 Å². The first-order valence-corrected chi connectivity index (χ1v) is 11.0. The summed E-state index contributed by atoms with van der Waals surface area (Å²) in [6, 6.07) is 12.5. The molecule has 0 spiro atoms. The SMILES string of the molecule is COc1ccc(C)cc1NC(=O)C1CCN(C2=NS(=O)(=O)c3ccccc32)CC1. The lowest BCUT2D eigenvalue weighted by Gasteiger charge is -2.32. The van der Waals surface area contributed by atoms with Crippen LogP contribution in [0.4, 0.5) is 5.69 Å². The van der Waals surface area contributed by atoms with E-state index in [1.807, 2.05) is 36.1 Å². The first kappa shape index (κ1) is 19.4. The normalized spacial score (nSPS) is 18.1. The van der Waals surface area contributed by atoms with Crippen LogP contribution in [0, 0.1) is 12.8 Å². The molecule has 2 aromatic rings. The molecular formula is C21H23N3O4S. The van der Waals surface area contributed by atoms with Crippen LogP contribution in [0.2, 0.25) is 0 Å². The number of rotatable bonds is 3. The molecule has 2 aliphatic heterocycles. The zero-order valence-corrected chi connectivity index (χ0v) is 17.2. The second kappa shape index (κ2) is 7.51. The van der Waals surface area contributed by atoms with Gasteiger partial charge in [-0.1, -0.05) is 18.2 Å². The molecule has 0 aromatic heterocycles. The van der Waals surface area contributed by atoms with Gasteiger partial charge in [-0.2, -0.15) is 8.42 Å². The molecule has 29 heavy (non-hydrogen) atoms. The van der Waals surface area contributed by atoms with Crippen molar-refractivity contribution in [1.29, 1.82) is 0 Å². The molecule has 0 aliphatic carbocycles. The van der Waals surface area contributed by atoms with Gasteiger partial charge in [0.15, 0.2) is 5.84 Å². The highest BCUT2D eigenvalue weighted by molar-refractivity contribution is 7.90. The second-order valence-corrected chi connectivity index (χ2v) is 8.91. The summed E-state index contributed by atoms with van der Waals surface area (Å²) in [5.41, 5.74) is 2.34. The van der Waals surface area contributed by atoms with E-state index in [0.29, 0.717) is 48.8 Å². The topological polar surface area (TPSA) is 88.1 Å². The van der Waals surface area contributed by atoms with Crippen LogP contribution >= 0.6 is 0 Å². The monoisotopic (exact) mass is 413 g/mol. The Hall–Kier alpha value is -2.87. The third kappa shape index (κ3) is 3.72. The average molecular weight is 413 g/mol. The fourth-order valence-corrected chi connectivity index (χ4v) is 5.05. The molecule has 4 rings (SSSR count). The molecule has 0 radical (unpaired) electrons. The number of sulfonamides is 1. The molecule has 1 amide bonds. The van der Waals surface area contributed by atoms with Gasteiger partial charge < -0.3 is 15.0 Å². The number of piperidine rings is 1. The number of carbonyl (C=O) groups excluding carboxylic acids is 1. The Kier molecular flexibility index (Phi) is 5.04. The largest absolute Gasteiger partial charge is 0.495 e. The van der Waals surface area contributed by atoms with Gasteiger partial charge in [-0.15, -0.1) is 4.40 Å². The van der Waals surface area contributed by atoms with Crippen LogP contribution < -0.4 is 10.1 Å². The van der Waals surface area contributed by atoms with E-state index < -0.39 is 10.0 Å². The molecule has 0 saturated carbocycles. The predicted octanol–water partition coefficient (Wildman–Crippen LogP) is 2.80. The molecule has 0 unspecified atom stereocenters. The highest BCUT2D eigenvalue weighted by Crippen LogP contribution is 2.31. The van der Waals surface area contributed by atoms with Crippen molar-refractivity contribution < 1.29 is 17.9 Å². The minimum Gasteiger partial charge on any atom is -0.495 e. The lowest BCUT2D eigenvalue weighted by Crippen LogP contribution is -2.41. The van der Waals surface area contributed by atoms with Crippen molar-refractivity contribution in [3.63, 3.8) is 0 Å². The van der Waals surface area contributed by atoms with Gasteiger partial charge in [0, 0.05) is 24.6 Å². The van der Waals surface area contributed by atoms with E-state index in [1.54, 1.807) is 25.3 Å². The zero-order valence-electron chi connectivity index (χ0n) is 16.4. The maximum absolute atomic E-state index is 12.8. The highest BCUT2D eigenvalue weighted by Gasteiger charge is 2.34. The van der Waals surface area contributed by atoms with E-state index in [1.165, 1.54) is 0 Å². The smallest absolute Gasteiger partial charge is 0.285 e. The third-order valence-corrected chi connectivity index (χ3v) is 6.72. The molecule has 2 aliphatic rings.